The molecule has 1 N–H and O–H groups in total. The van der Waals surface area contributed by atoms with Gasteiger partial charge in [0.15, 0.2) is 0 Å². The fourth-order valence-corrected chi connectivity index (χ4v) is 3.86. The Morgan fingerprint density at radius 2 is 2.05 bits per heavy atom. The number of aliphatic hydroxyl groups excluding tert-OH is 1. The van der Waals surface area contributed by atoms with Gasteiger partial charge in [-0.1, -0.05) is 30.3 Å². The molecule has 1 aliphatic carbocycles. The molecule has 1 aliphatic rings. The molecule has 0 heterocycles. The first-order valence-corrected chi connectivity index (χ1v) is 7.97. The first-order chi connectivity index (χ1) is 9.06. The third-order valence-corrected chi connectivity index (χ3v) is 5.00. The highest BCUT2D eigenvalue weighted by Gasteiger charge is 2.36. The first-order valence-electron chi connectivity index (χ1n) is 6.36. The van der Waals surface area contributed by atoms with E-state index in [0.717, 1.165) is 18.4 Å². The van der Waals surface area contributed by atoms with E-state index < -0.39 is 10.0 Å². The molecule has 5 heteroatoms. The summed E-state index contributed by atoms with van der Waals surface area (Å²) in [4.78, 5) is 0. The van der Waals surface area contributed by atoms with Crippen LogP contribution in [-0.2, 0) is 22.4 Å². The van der Waals surface area contributed by atoms with Gasteiger partial charge in [0, 0.05) is 12.6 Å². The minimum Gasteiger partial charge on any atom is -0.392 e. The van der Waals surface area contributed by atoms with E-state index in [2.05, 4.69) is 6.58 Å². The van der Waals surface area contributed by atoms with Crippen molar-refractivity contribution < 1.29 is 13.5 Å². The Morgan fingerprint density at radius 3 is 2.63 bits per heavy atom. The van der Waals surface area contributed by atoms with Crippen LogP contribution >= 0.6 is 0 Å². The maximum absolute atomic E-state index is 12.4. The van der Waals surface area contributed by atoms with E-state index in [9.17, 15) is 8.42 Å². The Morgan fingerprint density at radius 1 is 1.37 bits per heavy atom. The highest BCUT2D eigenvalue weighted by Crippen LogP contribution is 2.30. The minimum atomic E-state index is -3.32. The van der Waals surface area contributed by atoms with Crippen LogP contribution in [0.1, 0.15) is 24.0 Å². The highest BCUT2D eigenvalue weighted by molar-refractivity contribution is 7.88. The zero-order valence-corrected chi connectivity index (χ0v) is 11.6. The molecule has 0 unspecified atom stereocenters. The molecule has 0 amide bonds. The summed E-state index contributed by atoms with van der Waals surface area (Å²) in [6.45, 7) is 3.91. The van der Waals surface area contributed by atoms with E-state index in [1.165, 1.54) is 4.31 Å². The molecule has 1 fully saturated rings. The maximum atomic E-state index is 12.4. The monoisotopic (exact) mass is 281 g/mol. The summed E-state index contributed by atoms with van der Waals surface area (Å²) in [5.41, 5.74) is 1.44. The predicted molar refractivity (Wildman–Crippen MR) is 74.9 cm³/mol. The summed E-state index contributed by atoms with van der Waals surface area (Å²) < 4.78 is 26.3. The smallest absolute Gasteiger partial charge is 0.218 e. The van der Waals surface area contributed by atoms with Crippen LogP contribution in [0.2, 0.25) is 0 Å². The molecular formula is C14H19NO3S. The van der Waals surface area contributed by atoms with Gasteiger partial charge in [-0.25, -0.2) is 8.42 Å². The number of hydrogen-bond donors (Lipinski definition) is 1. The van der Waals surface area contributed by atoms with Gasteiger partial charge >= 0.3 is 0 Å². The summed E-state index contributed by atoms with van der Waals surface area (Å²) in [6.07, 6.45) is 3.49. The molecule has 0 aromatic heterocycles. The van der Waals surface area contributed by atoms with Crippen LogP contribution in [0.3, 0.4) is 0 Å². The molecule has 0 radical (unpaired) electrons. The molecule has 2 rings (SSSR count). The lowest BCUT2D eigenvalue weighted by Gasteiger charge is -2.20. The van der Waals surface area contributed by atoms with Gasteiger partial charge in [0.2, 0.25) is 10.0 Å². The SMILES string of the molecule is C=CCN(C1CC1)S(=O)(=O)Cc1cccc(CO)c1. The fourth-order valence-electron chi connectivity index (χ4n) is 2.09. The number of rotatable bonds is 7. The molecule has 0 aliphatic heterocycles. The maximum Gasteiger partial charge on any atom is 0.218 e. The van der Waals surface area contributed by atoms with Crippen molar-refractivity contribution in [3.8, 4) is 0 Å². The molecular weight excluding hydrogens is 262 g/mol. The predicted octanol–water partition coefficient (Wildman–Crippen LogP) is 1.66. The average Bonchev–Trinajstić information content (AvgIpc) is 3.19. The van der Waals surface area contributed by atoms with Crippen molar-refractivity contribution in [1.82, 2.24) is 4.31 Å². The Balaban J connectivity index is 2.16. The fraction of sp³-hybridized carbons (Fsp3) is 0.429. The van der Waals surface area contributed by atoms with Gasteiger partial charge in [0.1, 0.15) is 0 Å². The standard InChI is InChI=1S/C14H19NO3S/c1-2-8-15(14-6-7-14)19(17,18)11-13-5-3-4-12(9-13)10-16/h2-5,9,14,16H,1,6-8,10-11H2. The lowest BCUT2D eigenvalue weighted by molar-refractivity contribution is 0.281. The molecule has 104 valence electrons. The molecule has 0 saturated heterocycles. The molecule has 0 spiro atoms. The van der Waals surface area contributed by atoms with Crippen LogP contribution in [0.4, 0.5) is 0 Å². The van der Waals surface area contributed by atoms with Crippen molar-refractivity contribution in [2.24, 2.45) is 0 Å². The lowest BCUT2D eigenvalue weighted by Crippen LogP contribution is -2.34. The van der Waals surface area contributed by atoms with E-state index in [0.29, 0.717) is 12.1 Å². The third-order valence-electron chi connectivity index (χ3n) is 3.14. The number of nitrogens with zero attached hydrogens (tertiary/aromatic N) is 1. The Labute approximate surface area is 114 Å². The van der Waals surface area contributed by atoms with Gasteiger partial charge in [-0.15, -0.1) is 6.58 Å². The van der Waals surface area contributed by atoms with Gasteiger partial charge in [-0.05, 0) is 24.0 Å². The largest absolute Gasteiger partial charge is 0.392 e. The van der Waals surface area contributed by atoms with Crippen LogP contribution < -0.4 is 0 Å². The number of benzene rings is 1. The summed E-state index contributed by atoms with van der Waals surface area (Å²) in [5, 5.41) is 9.08. The number of aliphatic hydroxyl groups is 1. The Kier molecular flexibility index (Phi) is 4.39. The number of sulfonamides is 1. The van der Waals surface area contributed by atoms with Crippen molar-refractivity contribution in [2.45, 2.75) is 31.2 Å². The van der Waals surface area contributed by atoms with E-state index in [-0.39, 0.29) is 18.4 Å². The summed E-state index contributed by atoms with van der Waals surface area (Å²) in [6, 6.07) is 7.19. The molecule has 0 atom stereocenters. The van der Waals surface area contributed by atoms with Crippen LogP contribution in [0.15, 0.2) is 36.9 Å². The van der Waals surface area contributed by atoms with Gasteiger partial charge in [0.25, 0.3) is 0 Å². The van der Waals surface area contributed by atoms with Crippen molar-refractivity contribution in [2.75, 3.05) is 6.54 Å². The van der Waals surface area contributed by atoms with Crippen LogP contribution in [0.25, 0.3) is 0 Å². The molecule has 0 bridgehead atoms. The molecule has 1 aromatic rings. The molecule has 4 nitrogen and oxygen atoms in total. The second-order valence-electron chi connectivity index (χ2n) is 4.82. The van der Waals surface area contributed by atoms with Gasteiger partial charge in [-0.3, -0.25) is 0 Å². The molecule has 1 saturated carbocycles. The van der Waals surface area contributed by atoms with Crippen LogP contribution in [0.5, 0.6) is 0 Å². The van der Waals surface area contributed by atoms with Crippen molar-refractivity contribution >= 4 is 10.0 Å². The zero-order chi connectivity index (χ0) is 13.9. The van der Waals surface area contributed by atoms with Gasteiger partial charge < -0.3 is 5.11 Å². The third kappa shape index (κ3) is 3.65. The zero-order valence-electron chi connectivity index (χ0n) is 10.8. The van der Waals surface area contributed by atoms with Crippen molar-refractivity contribution in [3.63, 3.8) is 0 Å². The molecule has 1 aromatic carbocycles. The number of hydrogen-bond acceptors (Lipinski definition) is 3. The second kappa shape index (κ2) is 5.86. The summed E-state index contributed by atoms with van der Waals surface area (Å²) in [5.74, 6) is -0.0226. The lowest BCUT2D eigenvalue weighted by atomic mass is 10.1. The Hall–Kier alpha value is -1.17. The normalized spacial score (nSPS) is 15.7. The van der Waals surface area contributed by atoms with Crippen molar-refractivity contribution in [3.05, 3.63) is 48.0 Å². The average molecular weight is 281 g/mol. The van der Waals surface area contributed by atoms with E-state index in [1.807, 2.05) is 0 Å². The van der Waals surface area contributed by atoms with E-state index in [4.69, 9.17) is 5.11 Å². The Bertz CT molecular complexity index is 550. The molecule has 19 heavy (non-hydrogen) atoms. The topological polar surface area (TPSA) is 57.6 Å². The van der Waals surface area contributed by atoms with E-state index >= 15 is 0 Å². The highest BCUT2D eigenvalue weighted by atomic mass is 32.2. The van der Waals surface area contributed by atoms with E-state index in [1.54, 1.807) is 30.3 Å². The van der Waals surface area contributed by atoms with Crippen LogP contribution in [-0.4, -0.2) is 30.4 Å². The summed E-state index contributed by atoms with van der Waals surface area (Å²) >= 11 is 0. The minimum absolute atomic E-state index is 0.0226. The summed E-state index contributed by atoms with van der Waals surface area (Å²) in [7, 11) is -3.32. The van der Waals surface area contributed by atoms with Gasteiger partial charge in [0.05, 0.1) is 12.4 Å². The first kappa shape index (κ1) is 14.2. The van der Waals surface area contributed by atoms with Crippen molar-refractivity contribution in [1.29, 1.82) is 0 Å². The quantitative estimate of drug-likeness (QED) is 0.773. The second-order valence-corrected chi connectivity index (χ2v) is 6.75. The van der Waals surface area contributed by atoms with Crippen LogP contribution in [0, 0.1) is 0 Å². The van der Waals surface area contributed by atoms with Gasteiger partial charge in [-0.2, -0.15) is 4.31 Å².